The van der Waals surface area contributed by atoms with E-state index in [1.807, 2.05) is 30.3 Å². The van der Waals surface area contributed by atoms with E-state index in [-0.39, 0.29) is 16.8 Å². The van der Waals surface area contributed by atoms with Gasteiger partial charge in [0.1, 0.15) is 5.75 Å². The second kappa shape index (κ2) is 10.8. The molecule has 0 bridgehead atoms. The lowest BCUT2D eigenvalue weighted by molar-refractivity contribution is -0.196. The van der Waals surface area contributed by atoms with E-state index in [0.29, 0.717) is 5.69 Å². The van der Waals surface area contributed by atoms with E-state index in [9.17, 15) is 44.1 Å². The van der Waals surface area contributed by atoms with E-state index in [2.05, 4.69) is 10.6 Å². The molecule has 2 fully saturated rings. The van der Waals surface area contributed by atoms with Crippen molar-refractivity contribution < 1.29 is 44.1 Å². The number of anilines is 2. The van der Waals surface area contributed by atoms with Crippen molar-refractivity contribution in [2.45, 2.75) is 30.6 Å². The molecule has 13 nitrogen and oxygen atoms in total. The average Bonchev–Trinajstić information content (AvgIpc) is 3.00. The van der Waals surface area contributed by atoms with Crippen molar-refractivity contribution in [1.29, 1.82) is 0 Å². The normalized spacial score (nSPS) is 30.4. The fourth-order valence-corrected chi connectivity index (χ4v) is 7.70. The molecule has 0 radical (unpaired) electrons. The number of fused-ring (bicyclic) bond motifs is 4. The third-order valence-corrected chi connectivity index (χ3v) is 9.78. The topological polar surface area (TPSA) is 216 Å². The lowest BCUT2D eigenvalue weighted by Crippen LogP contribution is -2.77. The number of carbonyl (C=O) groups excluding carboxylic acids is 6. The minimum atomic E-state index is -3.10. The molecule has 0 aromatic heterocycles. The Morgan fingerprint density at radius 1 is 0.913 bits per heavy atom. The predicted octanol–water partition coefficient (Wildman–Crippen LogP) is 1.20. The van der Waals surface area contributed by atoms with Gasteiger partial charge in [0.05, 0.1) is 40.9 Å². The summed E-state index contributed by atoms with van der Waals surface area (Å²) in [6, 6.07) is 13.4. The number of primary amides is 1. The molecule has 3 aliphatic carbocycles. The number of hydrogen-bond donors (Lipinski definition) is 6. The van der Waals surface area contributed by atoms with Crippen LogP contribution in [0.5, 0.6) is 5.75 Å². The van der Waals surface area contributed by atoms with E-state index in [0.717, 1.165) is 10.8 Å². The third kappa shape index (κ3) is 4.26. The van der Waals surface area contributed by atoms with Gasteiger partial charge in [-0.3, -0.25) is 28.9 Å². The Bertz CT molecular complexity index is 1870. The number of aliphatic hydroxyl groups excluding tert-OH is 1. The molecule has 0 aliphatic heterocycles. The van der Waals surface area contributed by atoms with Crippen molar-refractivity contribution in [3.63, 3.8) is 0 Å². The Balaban J connectivity index is 1.38. The van der Waals surface area contributed by atoms with Gasteiger partial charge in [-0.05, 0) is 43.1 Å². The van der Waals surface area contributed by atoms with Crippen LogP contribution in [0.3, 0.4) is 0 Å². The zero-order chi connectivity index (χ0) is 33.4. The predicted molar refractivity (Wildman–Crippen MR) is 164 cm³/mol. The van der Waals surface area contributed by atoms with Crippen LogP contribution in [0.25, 0.3) is 10.8 Å². The van der Waals surface area contributed by atoms with Crippen molar-refractivity contribution in [2.75, 3.05) is 24.7 Å². The molecule has 2 saturated carbocycles. The molecule has 0 spiro atoms. The molecule has 8 atom stereocenters. The van der Waals surface area contributed by atoms with E-state index < -0.39 is 88.2 Å². The number of likely N-dealkylation sites (N-methyl/N-ethyl adjacent to an activating group) is 1. The minimum Gasteiger partial charge on any atom is -0.505 e. The molecule has 0 heterocycles. The molecule has 3 amide bonds. The first kappa shape index (κ1) is 31.0. The monoisotopic (exact) mass is 628 g/mol. The fraction of sp³-hybridized carbons (Fsp3) is 0.333. The largest absolute Gasteiger partial charge is 0.505 e. The van der Waals surface area contributed by atoms with Crippen LogP contribution in [-0.2, 0) is 19.2 Å². The number of amides is 3. The molecule has 7 N–H and O–H groups in total. The maximum atomic E-state index is 14.1. The summed E-state index contributed by atoms with van der Waals surface area (Å²) in [7, 11) is 2.85. The van der Waals surface area contributed by atoms with E-state index in [4.69, 9.17) is 5.73 Å². The molecule has 2 unspecified atom stereocenters. The number of nitrogens with two attached hydrogens (primary N) is 1. The minimum absolute atomic E-state index is 0.156. The van der Waals surface area contributed by atoms with Gasteiger partial charge in [0.2, 0.25) is 5.91 Å². The summed E-state index contributed by atoms with van der Waals surface area (Å²) in [5.41, 5.74) is 2.51. The third-order valence-electron chi connectivity index (χ3n) is 9.78. The van der Waals surface area contributed by atoms with Crippen molar-refractivity contribution in [3.8, 4) is 5.75 Å². The quantitative estimate of drug-likeness (QED) is 0.179. The molecule has 3 aromatic rings. The summed E-state index contributed by atoms with van der Waals surface area (Å²) < 4.78 is 0. The van der Waals surface area contributed by atoms with Crippen LogP contribution in [0.2, 0.25) is 0 Å². The van der Waals surface area contributed by atoms with Crippen molar-refractivity contribution in [3.05, 3.63) is 65.7 Å². The van der Waals surface area contributed by atoms with Crippen molar-refractivity contribution in [1.82, 2.24) is 4.90 Å². The van der Waals surface area contributed by atoms with Gasteiger partial charge in [-0.25, -0.2) is 4.79 Å². The van der Waals surface area contributed by atoms with Gasteiger partial charge in [0, 0.05) is 11.3 Å². The van der Waals surface area contributed by atoms with Gasteiger partial charge in [-0.2, -0.15) is 0 Å². The number of nitrogens with zero attached hydrogens (tertiary/aromatic N) is 1. The number of carbonyl (C=O) groups is 6. The summed E-state index contributed by atoms with van der Waals surface area (Å²) >= 11 is 0. The van der Waals surface area contributed by atoms with Gasteiger partial charge < -0.3 is 31.7 Å². The number of phenols is 1. The first-order chi connectivity index (χ1) is 21.7. The molecule has 6 rings (SSSR count). The van der Waals surface area contributed by atoms with Crippen LogP contribution in [0.1, 0.15) is 28.8 Å². The summed E-state index contributed by atoms with van der Waals surface area (Å²) in [6.07, 6.45) is -1.74. The number of aromatic hydroxyl groups is 1. The summed E-state index contributed by atoms with van der Waals surface area (Å²) in [5.74, 6) is -14.5. The molecular weight excluding hydrogens is 596 g/mol. The number of hydrogen-bond acceptors (Lipinski definition) is 10. The average molecular weight is 629 g/mol. The summed E-state index contributed by atoms with van der Waals surface area (Å²) in [6.45, 7) is 1.60. The molecule has 46 heavy (non-hydrogen) atoms. The molecule has 238 valence electrons. The highest BCUT2D eigenvalue weighted by molar-refractivity contribution is 6.32. The van der Waals surface area contributed by atoms with E-state index in [1.165, 1.54) is 31.1 Å². The number of Topliss-reactive ketones (excluding diaryl/α,β-unsaturated/α-hetero) is 4. The molecule has 0 saturated heterocycles. The highest BCUT2D eigenvalue weighted by Gasteiger charge is 2.72. The molecular formula is C33H32N4O9. The Labute approximate surface area is 262 Å². The van der Waals surface area contributed by atoms with Gasteiger partial charge in [0.25, 0.3) is 0 Å². The lowest BCUT2D eigenvalue weighted by atomic mass is 9.49. The summed E-state index contributed by atoms with van der Waals surface area (Å²) in [4.78, 5) is 81.5. The van der Waals surface area contributed by atoms with Crippen LogP contribution in [0.4, 0.5) is 16.2 Å². The second-order valence-electron chi connectivity index (χ2n) is 12.4. The number of nitrogens with one attached hydrogen (secondary N) is 2. The Morgan fingerprint density at radius 3 is 2.24 bits per heavy atom. The number of benzene rings is 3. The molecule has 3 aromatic carbocycles. The highest BCUT2D eigenvalue weighted by Crippen LogP contribution is 2.55. The fourth-order valence-electron chi connectivity index (χ4n) is 7.70. The van der Waals surface area contributed by atoms with Crippen LogP contribution in [0, 0.1) is 23.7 Å². The number of urea groups is 1. The van der Waals surface area contributed by atoms with Gasteiger partial charge >= 0.3 is 6.03 Å². The van der Waals surface area contributed by atoms with Crippen molar-refractivity contribution >= 4 is 57.2 Å². The van der Waals surface area contributed by atoms with Crippen LogP contribution in [0.15, 0.2) is 54.6 Å². The van der Waals surface area contributed by atoms with E-state index in [1.54, 1.807) is 19.1 Å². The highest BCUT2D eigenvalue weighted by atomic mass is 16.3. The maximum Gasteiger partial charge on any atom is 0.323 e. The van der Waals surface area contributed by atoms with Gasteiger partial charge in [-0.15, -0.1) is 0 Å². The van der Waals surface area contributed by atoms with E-state index >= 15 is 0 Å². The number of rotatable bonds is 4. The number of aliphatic hydroxyl groups is 2. The zero-order valence-electron chi connectivity index (χ0n) is 25.1. The molecule has 13 heteroatoms. The Morgan fingerprint density at radius 2 is 1.57 bits per heavy atom. The van der Waals surface area contributed by atoms with Gasteiger partial charge in [-0.1, -0.05) is 49.4 Å². The number of ketones is 4. The van der Waals surface area contributed by atoms with Crippen molar-refractivity contribution in [2.24, 2.45) is 29.4 Å². The lowest BCUT2D eigenvalue weighted by Gasteiger charge is -2.56. The molecule has 3 aliphatic rings. The SMILES string of the molecule is C[C@@H]1c2ccc(NC(=O)Nc3cccc4ccccc34)c(O)c2C(=O)C2C(=O)[C@@]3(O)C(=O)C(C(N)=O)C(=O)[C@H](N(C)C)[C@H]3[C@H](O)[C@H]21. The number of phenolic OH excluding ortho intramolecular Hbond substituents is 1. The second-order valence-corrected chi connectivity index (χ2v) is 12.4. The smallest absolute Gasteiger partial charge is 0.323 e. The first-order valence-corrected chi connectivity index (χ1v) is 14.7. The first-order valence-electron chi connectivity index (χ1n) is 14.7. The van der Waals surface area contributed by atoms with Gasteiger partial charge in [0.15, 0.2) is 34.7 Å². The van der Waals surface area contributed by atoms with Crippen LogP contribution in [-0.4, -0.2) is 87.1 Å². The Kier molecular flexibility index (Phi) is 7.30. The standard InChI is InChI=1S/C33H32N4O9/c1-13-15-11-12-18(36-32(45)35-17-10-6-8-14-7-4-5-9-16(14)17)25(38)20(15)26(39)21-19(13)27(40)23-24(37(2)3)28(41)22(31(34)44)30(43)33(23,46)29(21)42/h4-13,19,21-24,27,38,40,46H,1-3H3,(H2,34,44)(H2,35,36,45)/t13-,19+,21?,22?,23+,24-,27-,33-/m1/s1. The summed E-state index contributed by atoms with van der Waals surface area (Å²) in [5, 5.41) is 41.6. The van der Waals surface area contributed by atoms with Crippen LogP contribution >= 0.6 is 0 Å². The zero-order valence-corrected chi connectivity index (χ0v) is 25.1. The Hall–Kier alpha value is -4.98. The van der Waals surface area contributed by atoms with Crippen LogP contribution < -0.4 is 16.4 Å². The maximum absolute atomic E-state index is 14.1.